The molecule has 0 spiro atoms. The van der Waals surface area contributed by atoms with Crippen molar-refractivity contribution < 1.29 is 0 Å². The zero-order chi connectivity index (χ0) is 10.1. The van der Waals surface area contributed by atoms with Crippen LogP contribution in [-0.4, -0.2) is 9.97 Å². The first-order valence-corrected chi connectivity index (χ1v) is 4.40. The molecule has 0 amide bonds. The summed E-state index contributed by atoms with van der Waals surface area (Å²) in [7, 11) is 0. The Hall–Kier alpha value is -1.18. The van der Waals surface area contributed by atoms with E-state index in [1.165, 1.54) is 0 Å². The first-order chi connectivity index (χ1) is 5.91. The first-order valence-electron chi connectivity index (χ1n) is 4.40. The van der Waals surface area contributed by atoms with Crippen molar-refractivity contribution in [1.82, 2.24) is 9.97 Å². The van der Waals surface area contributed by atoms with E-state index >= 15 is 0 Å². The van der Waals surface area contributed by atoms with Gasteiger partial charge in [0.1, 0.15) is 0 Å². The van der Waals surface area contributed by atoms with E-state index in [1.54, 1.807) is 6.20 Å². The van der Waals surface area contributed by atoms with Crippen molar-refractivity contribution in [1.29, 1.82) is 0 Å². The molecule has 0 atom stereocenters. The van der Waals surface area contributed by atoms with Crippen LogP contribution >= 0.6 is 0 Å². The van der Waals surface area contributed by atoms with Gasteiger partial charge in [0.05, 0.1) is 0 Å². The van der Waals surface area contributed by atoms with E-state index in [-0.39, 0.29) is 5.41 Å². The van der Waals surface area contributed by atoms with Crippen molar-refractivity contribution >= 4 is 5.57 Å². The molecule has 0 fully saturated rings. The van der Waals surface area contributed by atoms with Crippen LogP contribution < -0.4 is 0 Å². The third-order valence-corrected chi connectivity index (χ3v) is 1.81. The lowest BCUT2D eigenvalue weighted by Crippen LogP contribution is -2.14. The molecular weight excluding hydrogens is 160 g/mol. The average Bonchev–Trinajstić information content (AvgIpc) is 2.03. The fourth-order valence-corrected chi connectivity index (χ4v) is 0.982. The molecule has 2 nitrogen and oxygen atoms in total. The highest BCUT2D eigenvalue weighted by Crippen LogP contribution is 2.20. The first kappa shape index (κ1) is 9.90. The van der Waals surface area contributed by atoms with Gasteiger partial charge in [-0.3, -0.25) is 0 Å². The van der Waals surface area contributed by atoms with Crippen LogP contribution in [0.5, 0.6) is 0 Å². The Morgan fingerprint density at radius 3 is 2.46 bits per heavy atom. The Balaban J connectivity index is 3.13. The predicted octanol–water partition coefficient (Wildman–Crippen LogP) is 2.81. The number of aromatic nitrogens is 2. The fraction of sp³-hybridized carbons (Fsp3) is 0.455. The van der Waals surface area contributed by atoms with Crippen molar-refractivity contribution in [3.05, 3.63) is 30.4 Å². The van der Waals surface area contributed by atoms with Gasteiger partial charge in [-0.2, -0.15) is 0 Å². The van der Waals surface area contributed by atoms with Crippen LogP contribution in [0.2, 0.25) is 0 Å². The molecule has 0 aliphatic rings. The van der Waals surface area contributed by atoms with Gasteiger partial charge >= 0.3 is 0 Å². The highest BCUT2D eigenvalue weighted by atomic mass is 14.9. The molecule has 0 N–H and O–H groups in total. The summed E-state index contributed by atoms with van der Waals surface area (Å²) in [6, 6.07) is 1.95. The summed E-state index contributed by atoms with van der Waals surface area (Å²) in [6.07, 6.45) is 1.79. The van der Waals surface area contributed by atoms with Gasteiger partial charge in [0.15, 0.2) is 5.82 Å². The van der Waals surface area contributed by atoms with E-state index in [9.17, 15) is 0 Å². The number of nitrogens with zero attached hydrogens (tertiary/aromatic N) is 2. The predicted molar refractivity (Wildman–Crippen MR) is 55.4 cm³/mol. The maximum atomic E-state index is 4.43. The topological polar surface area (TPSA) is 25.8 Å². The van der Waals surface area contributed by atoms with Gasteiger partial charge in [-0.05, 0) is 18.6 Å². The molecule has 0 aromatic carbocycles. The van der Waals surface area contributed by atoms with Crippen LogP contribution in [-0.2, 0) is 5.41 Å². The molecule has 0 saturated heterocycles. The Kier molecular flexibility index (Phi) is 2.50. The number of rotatable bonds is 1. The SMILES string of the molecule is C=C(C)c1nccc(C(C)(C)C)n1. The largest absolute Gasteiger partial charge is 0.237 e. The lowest BCUT2D eigenvalue weighted by atomic mass is 9.92. The minimum Gasteiger partial charge on any atom is -0.237 e. The van der Waals surface area contributed by atoms with E-state index in [0.29, 0.717) is 0 Å². The molecule has 0 unspecified atom stereocenters. The third-order valence-electron chi connectivity index (χ3n) is 1.81. The van der Waals surface area contributed by atoms with Crippen LogP contribution in [0.25, 0.3) is 5.57 Å². The van der Waals surface area contributed by atoms with Crippen molar-refractivity contribution in [3.8, 4) is 0 Å². The number of hydrogen-bond acceptors (Lipinski definition) is 2. The van der Waals surface area contributed by atoms with E-state index in [0.717, 1.165) is 17.1 Å². The van der Waals surface area contributed by atoms with Crippen LogP contribution in [0.4, 0.5) is 0 Å². The molecule has 1 rings (SSSR count). The molecule has 1 aromatic rings. The number of allylic oxidation sites excluding steroid dienone is 1. The zero-order valence-electron chi connectivity index (χ0n) is 8.76. The summed E-state index contributed by atoms with van der Waals surface area (Å²) in [4.78, 5) is 8.57. The van der Waals surface area contributed by atoms with Crippen molar-refractivity contribution in [2.75, 3.05) is 0 Å². The van der Waals surface area contributed by atoms with Crippen LogP contribution in [0.15, 0.2) is 18.8 Å². The third kappa shape index (κ3) is 2.38. The van der Waals surface area contributed by atoms with Gasteiger partial charge in [-0.1, -0.05) is 27.4 Å². The van der Waals surface area contributed by atoms with Crippen LogP contribution in [0.1, 0.15) is 39.2 Å². The molecule has 1 aromatic heterocycles. The standard InChI is InChI=1S/C11H16N2/c1-8(2)10-12-7-6-9(13-10)11(3,4)5/h6-7H,1H2,2-5H3. The molecule has 1 heterocycles. The molecule has 0 radical (unpaired) electrons. The Morgan fingerprint density at radius 1 is 1.38 bits per heavy atom. The second kappa shape index (κ2) is 3.29. The quantitative estimate of drug-likeness (QED) is 0.657. The van der Waals surface area contributed by atoms with Gasteiger partial charge in [-0.15, -0.1) is 0 Å². The lowest BCUT2D eigenvalue weighted by Gasteiger charge is -2.17. The van der Waals surface area contributed by atoms with E-state index in [2.05, 4.69) is 37.3 Å². The van der Waals surface area contributed by atoms with Crippen LogP contribution in [0.3, 0.4) is 0 Å². The zero-order valence-corrected chi connectivity index (χ0v) is 8.76. The van der Waals surface area contributed by atoms with E-state index < -0.39 is 0 Å². The Labute approximate surface area is 79.7 Å². The summed E-state index contributed by atoms with van der Waals surface area (Å²) in [5.74, 6) is 0.743. The highest BCUT2D eigenvalue weighted by molar-refractivity contribution is 5.54. The Bertz CT molecular complexity index is 321. The second-order valence-electron chi connectivity index (χ2n) is 4.30. The highest BCUT2D eigenvalue weighted by Gasteiger charge is 2.15. The normalized spacial score (nSPS) is 11.4. The molecule has 0 saturated carbocycles. The molecule has 0 bridgehead atoms. The van der Waals surface area contributed by atoms with Gasteiger partial charge in [0.2, 0.25) is 0 Å². The summed E-state index contributed by atoms with van der Waals surface area (Å²) in [6.45, 7) is 12.2. The Morgan fingerprint density at radius 2 is 2.00 bits per heavy atom. The van der Waals surface area contributed by atoms with E-state index in [4.69, 9.17) is 0 Å². The van der Waals surface area contributed by atoms with Crippen molar-refractivity contribution in [2.45, 2.75) is 33.1 Å². The number of hydrogen-bond donors (Lipinski definition) is 0. The van der Waals surface area contributed by atoms with Gasteiger partial charge in [0, 0.05) is 17.3 Å². The fourth-order valence-electron chi connectivity index (χ4n) is 0.982. The van der Waals surface area contributed by atoms with Gasteiger partial charge < -0.3 is 0 Å². The molecule has 0 aliphatic carbocycles. The molecule has 2 heteroatoms. The summed E-state index contributed by atoms with van der Waals surface area (Å²) < 4.78 is 0. The second-order valence-corrected chi connectivity index (χ2v) is 4.30. The summed E-state index contributed by atoms with van der Waals surface area (Å²) in [5, 5.41) is 0. The van der Waals surface area contributed by atoms with Gasteiger partial charge in [0.25, 0.3) is 0 Å². The minimum atomic E-state index is 0.0765. The lowest BCUT2D eigenvalue weighted by molar-refractivity contribution is 0.566. The smallest absolute Gasteiger partial charge is 0.154 e. The monoisotopic (exact) mass is 176 g/mol. The maximum absolute atomic E-state index is 4.43. The minimum absolute atomic E-state index is 0.0765. The molecular formula is C11H16N2. The average molecular weight is 176 g/mol. The van der Waals surface area contributed by atoms with E-state index in [1.807, 2.05) is 13.0 Å². The maximum Gasteiger partial charge on any atom is 0.154 e. The molecule has 13 heavy (non-hydrogen) atoms. The summed E-state index contributed by atoms with van der Waals surface area (Å²) >= 11 is 0. The van der Waals surface area contributed by atoms with Crippen LogP contribution in [0, 0.1) is 0 Å². The van der Waals surface area contributed by atoms with Crippen molar-refractivity contribution in [2.24, 2.45) is 0 Å². The summed E-state index contributed by atoms with van der Waals surface area (Å²) in [5.41, 5.74) is 2.04. The molecule has 70 valence electrons. The molecule has 0 aliphatic heterocycles. The van der Waals surface area contributed by atoms with Gasteiger partial charge in [-0.25, -0.2) is 9.97 Å². The van der Waals surface area contributed by atoms with Crippen molar-refractivity contribution in [3.63, 3.8) is 0 Å².